The van der Waals surface area contributed by atoms with Gasteiger partial charge in [-0.05, 0) is 43.9 Å². The highest BCUT2D eigenvalue weighted by atomic mass is 16.1. The minimum absolute atomic E-state index is 0.0237. The first kappa shape index (κ1) is 14.9. The largest absolute Gasteiger partial charge is 0.371 e. The molecule has 0 saturated carbocycles. The van der Waals surface area contributed by atoms with Crippen LogP contribution in [0.3, 0.4) is 0 Å². The van der Waals surface area contributed by atoms with Crippen LogP contribution < -0.4 is 16.0 Å². The highest BCUT2D eigenvalue weighted by Crippen LogP contribution is 2.25. The summed E-state index contributed by atoms with van der Waals surface area (Å²) in [6.45, 7) is 6.34. The highest BCUT2D eigenvalue weighted by molar-refractivity contribution is 5.91. The van der Waals surface area contributed by atoms with Gasteiger partial charge in [-0.1, -0.05) is 13.0 Å². The van der Waals surface area contributed by atoms with Gasteiger partial charge in [0.25, 0.3) is 0 Å². The fourth-order valence-corrected chi connectivity index (χ4v) is 2.55. The van der Waals surface area contributed by atoms with Gasteiger partial charge in [0, 0.05) is 36.9 Å². The number of carbonyl (C=O) groups is 1. The highest BCUT2D eigenvalue weighted by Gasteiger charge is 2.16. The van der Waals surface area contributed by atoms with Crippen molar-refractivity contribution >= 4 is 17.3 Å². The molecule has 1 aliphatic rings. The molecule has 1 aliphatic heterocycles. The van der Waals surface area contributed by atoms with Gasteiger partial charge in [0.15, 0.2) is 0 Å². The zero-order valence-corrected chi connectivity index (χ0v) is 12.4. The number of hydrogen-bond acceptors (Lipinski definition) is 3. The SMILES string of the molecule is CC(N)CC(=O)Nc1cccc(N2CCC(C)CC2)c1. The van der Waals surface area contributed by atoms with Crippen LogP contribution in [0.25, 0.3) is 0 Å². The van der Waals surface area contributed by atoms with E-state index in [9.17, 15) is 4.79 Å². The first-order chi connectivity index (χ1) is 9.54. The number of hydrogen-bond donors (Lipinski definition) is 2. The molecule has 0 radical (unpaired) electrons. The summed E-state index contributed by atoms with van der Waals surface area (Å²) in [7, 11) is 0. The topological polar surface area (TPSA) is 58.4 Å². The lowest BCUT2D eigenvalue weighted by Gasteiger charge is -2.32. The lowest BCUT2D eigenvalue weighted by molar-refractivity contribution is -0.116. The molecule has 4 heteroatoms. The molecule has 1 aromatic carbocycles. The summed E-state index contributed by atoms with van der Waals surface area (Å²) < 4.78 is 0. The second kappa shape index (κ2) is 6.75. The van der Waals surface area contributed by atoms with Crippen LogP contribution in [0.2, 0.25) is 0 Å². The van der Waals surface area contributed by atoms with E-state index < -0.39 is 0 Å². The van der Waals surface area contributed by atoms with Crippen molar-refractivity contribution in [2.45, 2.75) is 39.2 Å². The van der Waals surface area contributed by atoms with Gasteiger partial charge in [0.1, 0.15) is 0 Å². The Hall–Kier alpha value is -1.55. The average molecular weight is 275 g/mol. The molecule has 1 atom stereocenters. The summed E-state index contributed by atoms with van der Waals surface area (Å²) in [5, 5.41) is 2.92. The second-order valence-electron chi connectivity index (χ2n) is 5.95. The number of nitrogens with two attached hydrogens (primary N) is 1. The molecule has 0 spiro atoms. The van der Waals surface area contributed by atoms with E-state index in [0.717, 1.165) is 24.7 Å². The van der Waals surface area contributed by atoms with Crippen molar-refractivity contribution in [3.63, 3.8) is 0 Å². The van der Waals surface area contributed by atoms with E-state index in [0.29, 0.717) is 6.42 Å². The lowest BCUT2D eigenvalue weighted by atomic mass is 9.99. The summed E-state index contributed by atoms with van der Waals surface area (Å²) in [6, 6.07) is 7.97. The molecule has 0 bridgehead atoms. The molecule has 20 heavy (non-hydrogen) atoms. The Morgan fingerprint density at radius 1 is 1.45 bits per heavy atom. The number of nitrogens with one attached hydrogen (secondary N) is 1. The van der Waals surface area contributed by atoms with Gasteiger partial charge in [-0.2, -0.15) is 0 Å². The molecule has 0 aliphatic carbocycles. The third-order valence-electron chi connectivity index (χ3n) is 3.79. The summed E-state index contributed by atoms with van der Waals surface area (Å²) in [5.74, 6) is 0.796. The predicted molar refractivity (Wildman–Crippen MR) is 83.9 cm³/mol. The molecular formula is C16H25N3O. The minimum Gasteiger partial charge on any atom is -0.371 e. The number of nitrogens with zero attached hydrogens (tertiary/aromatic N) is 1. The molecular weight excluding hydrogens is 250 g/mol. The molecule has 1 fully saturated rings. The van der Waals surface area contributed by atoms with Crippen molar-refractivity contribution in [1.29, 1.82) is 0 Å². The van der Waals surface area contributed by atoms with E-state index in [1.54, 1.807) is 0 Å². The number of benzene rings is 1. The number of piperidine rings is 1. The molecule has 1 amide bonds. The molecule has 1 aromatic rings. The van der Waals surface area contributed by atoms with Gasteiger partial charge < -0.3 is 16.0 Å². The fraction of sp³-hybridized carbons (Fsp3) is 0.562. The maximum atomic E-state index is 11.7. The molecule has 110 valence electrons. The van der Waals surface area contributed by atoms with Gasteiger partial charge in [-0.25, -0.2) is 0 Å². The molecule has 0 aromatic heterocycles. The lowest BCUT2D eigenvalue weighted by Crippen LogP contribution is -2.32. The van der Waals surface area contributed by atoms with Gasteiger partial charge in [0.05, 0.1) is 0 Å². The maximum Gasteiger partial charge on any atom is 0.225 e. The fourth-order valence-electron chi connectivity index (χ4n) is 2.55. The molecule has 1 saturated heterocycles. The third kappa shape index (κ3) is 4.23. The van der Waals surface area contributed by atoms with Gasteiger partial charge in [0.2, 0.25) is 5.91 Å². The molecule has 1 heterocycles. The Balaban J connectivity index is 1.99. The first-order valence-electron chi connectivity index (χ1n) is 7.45. The van der Waals surface area contributed by atoms with E-state index in [-0.39, 0.29) is 11.9 Å². The van der Waals surface area contributed by atoms with Crippen molar-refractivity contribution in [3.8, 4) is 0 Å². The maximum absolute atomic E-state index is 11.7. The zero-order chi connectivity index (χ0) is 14.5. The Morgan fingerprint density at radius 3 is 2.80 bits per heavy atom. The molecule has 1 unspecified atom stereocenters. The van der Waals surface area contributed by atoms with E-state index >= 15 is 0 Å². The van der Waals surface area contributed by atoms with E-state index in [1.165, 1.54) is 18.5 Å². The quantitative estimate of drug-likeness (QED) is 0.888. The Morgan fingerprint density at radius 2 is 2.15 bits per heavy atom. The van der Waals surface area contributed by atoms with E-state index in [2.05, 4.69) is 29.3 Å². The molecule has 4 nitrogen and oxygen atoms in total. The van der Waals surface area contributed by atoms with Crippen LogP contribution in [0.15, 0.2) is 24.3 Å². The van der Waals surface area contributed by atoms with Crippen molar-refractivity contribution in [2.75, 3.05) is 23.3 Å². The van der Waals surface area contributed by atoms with Crippen LogP contribution >= 0.6 is 0 Å². The van der Waals surface area contributed by atoms with Crippen molar-refractivity contribution in [3.05, 3.63) is 24.3 Å². The second-order valence-corrected chi connectivity index (χ2v) is 5.95. The van der Waals surface area contributed by atoms with Crippen LogP contribution in [0.5, 0.6) is 0 Å². The molecule has 3 N–H and O–H groups in total. The van der Waals surface area contributed by atoms with Crippen molar-refractivity contribution in [1.82, 2.24) is 0 Å². The van der Waals surface area contributed by atoms with E-state index in [4.69, 9.17) is 5.73 Å². The van der Waals surface area contributed by atoms with Crippen LogP contribution in [-0.2, 0) is 4.79 Å². The van der Waals surface area contributed by atoms with Crippen molar-refractivity contribution in [2.24, 2.45) is 11.7 Å². The zero-order valence-electron chi connectivity index (χ0n) is 12.4. The number of carbonyl (C=O) groups excluding carboxylic acids is 1. The number of anilines is 2. The normalized spacial score (nSPS) is 17.9. The van der Waals surface area contributed by atoms with Crippen LogP contribution in [-0.4, -0.2) is 25.0 Å². The third-order valence-corrected chi connectivity index (χ3v) is 3.79. The number of rotatable bonds is 4. The van der Waals surface area contributed by atoms with Crippen LogP contribution in [0.4, 0.5) is 11.4 Å². The molecule has 2 rings (SSSR count). The number of amides is 1. The summed E-state index contributed by atoms with van der Waals surface area (Å²) >= 11 is 0. The average Bonchev–Trinajstić information content (AvgIpc) is 2.38. The van der Waals surface area contributed by atoms with Gasteiger partial charge >= 0.3 is 0 Å². The smallest absolute Gasteiger partial charge is 0.225 e. The van der Waals surface area contributed by atoms with E-state index in [1.807, 2.05) is 19.1 Å². The van der Waals surface area contributed by atoms with Crippen LogP contribution in [0.1, 0.15) is 33.1 Å². The monoisotopic (exact) mass is 275 g/mol. The first-order valence-corrected chi connectivity index (χ1v) is 7.45. The van der Waals surface area contributed by atoms with Gasteiger partial charge in [-0.3, -0.25) is 4.79 Å². The summed E-state index contributed by atoms with van der Waals surface area (Å²) in [4.78, 5) is 14.1. The Labute approximate surface area is 121 Å². The standard InChI is InChI=1S/C16H25N3O/c1-12-6-8-19(9-7-12)15-5-3-4-14(11-15)18-16(20)10-13(2)17/h3-5,11-13H,6-10,17H2,1-2H3,(H,18,20). The summed E-state index contributed by atoms with van der Waals surface area (Å²) in [6.07, 6.45) is 2.83. The van der Waals surface area contributed by atoms with Crippen LogP contribution in [0, 0.1) is 5.92 Å². The predicted octanol–water partition coefficient (Wildman–Crippen LogP) is 2.60. The Kier molecular flexibility index (Phi) is 5.01. The minimum atomic E-state index is -0.109. The Bertz CT molecular complexity index is 451. The van der Waals surface area contributed by atoms with Crippen molar-refractivity contribution < 1.29 is 4.79 Å². The van der Waals surface area contributed by atoms with Gasteiger partial charge in [-0.15, -0.1) is 0 Å². The summed E-state index contributed by atoms with van der Waals surface area (Å²) in [5.41, 5.74) is 7.68.